The lowest BCUT2D eigenvalue weighted by atomic mass is 10.1. The van der Waals surface area contributed by atoms with Crippen LogP contribution in [-0.4, -0.2) is 33.6 Å². The number of imide groups is 1. The first-order chi connectivity index (χ1) is 13.6. The van der Waals surface area contributed by atoms with E-state index in [-0.39, 0.29) is 0 Å². The third kappa shape index (κ3) is 2.93. The van der Waals surface area contributed by atoms with Crippen LogP contribution in [0.25, 0.3) is 10.9 Å². The lowest BCUT2D eigenvalue weighted by molar-refractivity contribution is -0.120. The maximum Gasteiger partial charge on any atom is 0.262 e. The molecule has 0 saturated carbocycles. The van der Waals surface area contributed by atoms with Crippen LogP contribution in [-0.2, 0) is 4.79 Å². The molecule has 140 valence electrons. The molecule has 1 N–H and O–H groups in total. The maximum atomic E-state index is 13.1. The van der Waals surface area contributed by atoms with Gasteiger partial charge in [-0.15, -0.1) is 0 Å². The van der Waals surface area contributed by atoms with Gasteiger partial charge in [-0.2, -0.15) is 0 Å². The van der Waals surface area contributed by atoms with Gasteiger partial charge in [0.05, 0.1) is 22.3 Å². The summed E-state index contributed by atoms with van der Waals surface area (Å²) in [6.07, 6.45) is 2.69. The molecule has 4 rings (SSSR count). The van der Waals surface area contributed by atoms with Crippen LogP contribution in [0, 0.1) is 0 Å². The molecule has 3 aromatic rings. The van der Waals surface area contributed by atoms with Crippen LogP contribution in [0.5, 0.6) is 0 Å². The van der Waals surface area contributed by atoms with Crippen molar-refractivity contribution in [2.45, 2.75) is 25.8 Å². The number of aromatic nitrogens is 1. The van der Waals surface area contributed by atoms with Crippen LogP contribution < -0.4 is 5.32 Å². The number of hydrogen-bond acceptors (Lipinski definition) is 4. The molecule has 0 fully saturated rings. The standard InChI is InChI=1S/C22H19N3O3/c1-2-7-18(25-21(27)15-10-3-4-11-16(15)22(25)28)20(26)24-17-12-5-8-14-9-6-13-23-19(14)17/h3-6,8-13,18H,2,7H2,1H3,(H,24,26)/t18-/m0/s1. The van der Waals surface area contributed by atoms with Gasteiger partial charge in [0.25, 0.3) is 11.8 Å². The number of carbonyl (C=O) groups is 3. The van der Waals surface area contributed by atoms with Crippen LogP contribution in [0.2, 0.25) is 0 Å². The number of nitrogens with zero attached hydrogens (tertiary/aromatic N) is 2. The van der Waals surface area contributed by atoms with Crippen LogP contribution in [0.4, 0.5) is 5.69 Å². The summed E-state index contributed by atoms with van der Waals surface area (Å²) in [6, 6.07) is 15.0. The Labute approximate surface area is 162 Å². The van der Waals surface area contributed by atoms with Gasteiger partial charge < -0.3 is 5.32 Å². The number of benzene rings is 2. The predicted octanol–water partition coefficient (Wildman–Crippen LogP) is 3.64. The van der Waals surface area contributed by atoms with E-state index in [1.807, 2.05) is 31.2 Å². The topological polar surface area (TPSA) is 79.4 Å². The molecular formula is C22H19N3O3. The van der Waals surface area contributed by atoms with Crippen molar-refractivity contribution in [1.29, 1.82) is 0 Å². The number of hydrogen-bond donors (Lipinski definition) is 1. The van der Waals surface area contributed by atoms with Gasteiger partial charge >= 0.3 is 0 Å². The molecule has 1 atom stereocenters. The number of para-hydroxylation sites is 1. The van der Waals surface area contributed by atoms with Crippen LogP contribution in [0.1, 0.15) is 40.5 Å². The Bertz CT molecular complexity index is 1050. The first-order valence-corrected chi connectivity index (χ1v) is 9.23. The lowest BCUT2D eigenvalue weighted by Crippen LogP contribution is -2.47. The van der Waals surface area contributed by atoms with Crippen molar-refractivity contribution in [2.24, 2.45) is 0 Å². The molecule has 1 aliphatic rings. The average molecular weight is 373 g/mol. The average Bonchev–Trinajstić information content (AvgIpc) is 2.97. The van der Waals surface area contributed by atoms with E-state index < -0.39 is 23.8 Å². The number of amides is 3. The second-order valence-electron chi connectivity index (χ2n) is 6.70. The van der Waals surface area contributed by atoms with E-state index in [0.29, 0.717) is 35.2 Å². The molecule has 0 radical (unpaired) electrons. The minimum Gasteiger partial charge on any atom is -0.322 e. The highest BCUT2D eigenvalue weighted by atomic mass is 16.2. The lowest BCUT2D eigenvalue weighted by Gasteiger charge is -2.25. The number of anilines is 1. The number of rotatable bonds is 5. The number of nitrogens with one attached hydrogen (secondary N) is 1. The molecule has 0 aliphatic carbocycles. The van der Waals surface area contributed by atoms with Gasteiger partial charge in [0.2, 0.25) is 5.91 Å². The van der Waals surface area contributed by atoms with Crippen molar-refractivity contribution < 1.29 is 14.4 Å². The molecule has 2 heterocycles. The number of carbonyl (C=O) groups excluding carboxylic acids is 3. The van der Waals surface area contributed by atoms with Gasteiger partial charge in [-0.1, -0.05) is 43.7 Å². The molecule has 2 aromatic carbocycles. The molecule has 3 amide bonds. The largest absolute Gasteiger partial charge is 0.322 e. The summed E-state index contributed by atoms with van der Waals surface area (Å²) in [5.74, 6) is -1.25. The zero-order valence-corrected chi connectivity index (χ0v) is 15.4. The highest BCUT2D eigenvalue weighted by molar-refractivity contribution is 6.23. The Hall–Kier alpha value is -3.54. The Kier molecular flexibility index (Phi) is 4.61. The molecule has 6 nitrogen and oxygen atoms in total. The SMILES string of the molecule is CCC[C@@H](C(=O)Nc1cccc2cccnc12)N1C(=O)c2ccccc2C1=O. The van der Waals surface area contributed by atoms with Gasteiger partial charge in [-0.25, -0.2) is 0 Å². The molecule has 0 saturated heterocycles. The number of pyridine rings is 1. The zero-order chi connectivity index (χ0) is 19.7. The molecule has 0 bridgehead atoms. The fourth-order valence-corrected chi connectivity index (χ4v) is 3.56. The third-order valence-electron chi connectivity index (χ3n) is 4.89. The molecular weight excluding hydrogens is 354 g/mol. The van der Waals surface area contributed by atoms with Crippen LogP contribution in [0.3, 0.4) is 0 Å². The summed E-state index contributed by atoms with van der Waals surface area (Å²) in [4.78, 5) is 44.1. The summed E-state index contributed by atoms with van der Waals surface area (Å²) in [5.41, 5.74) is 1.90. The van der Waals surface area contributed by atoms with Crippen LogP contribution in [0.15, 0.2) is 60.8 Å². The minimum atomic E-state index is -0.878. The van der Waals surface area contributed by atoms with Gasteiger partial charge in [-0.05, 0) is 30.7 Å². The summed E-state index contributed by atoms with van der Waals surface area (Å²) in [5, 5.41) is 3.76. The summed E-state index contributed by atoms with van der Waals surface area (Å²) in [6.45, 7) is 1.91. The second-order valence-corrected chi connectivity index (χ2v) is 6.70. The van der Waals surface area contributed by atoms with E-state index in [1.54, 1.807) is 36.5 Å². The van der Waals surface area contributed by atoms with Crippen molar-refractivity contribution >= 4 is 34.3 Å². The first kappa shape index (κ1) is 17.9. The van der Waals surface area contributed by atoms with E-state index in [0.717, 1.165) is 10.3 Å². The second kappa shape index (κ2) is 7.23. The summed E-state index contributed by atoms with van der Waals surface area (Å²) < 4.78 is 0. The fraction of sp³-hybridized carbons (Fsp3) is 0.182. The van der Waals surface area contributed by atoms with E-state index >= 15 is 0 Å². The smallest absolute Gasteiger partial charge is 0.262 e. The molecule has 1 aliphatic heterocycles. The Morgan fingerprint density at radius 1 is 1.00 bits per heavy atom. The highest BCUT2D eigenvalue weighted by Crippen LogP contribution is 2.27. The Morgan fingerprint density at radius 3 is 2.36 bits per heavy atom. The van der Waals surface area contributed by atoms with Crippen molar-refractivity contribution in [2.75, 3.05) is 5.32 Å². The van der Waals surface area contributed by atoms with Crippen molar-refractivity contribution in [3.63, 3.8) is 0 Å². The quantitative estimate of drug-likeness (QED) is 0.693. The van der Waals surface area contributed by atoms with E-state index in [4.69, 9.17) is 0 Å². The van der Waals surface area contributed by atoms with Gasteiger partial charge in [0.15, 0.2) is 0 Å². The maximum absolute atomic E-state index is 13.1. The molecule has 28 heavy (non-hydrogen) atoms. The molecule has 1 aromatic heterocycles. The molecule has 0 spiro atoms. The summed E-state index contributed by atoms with van der Waals surface area (Å²) >= 11 is 0. The normalized spacial score (nSPS) is 14.2. The predicted molar refractivity (Wildman–Crippen MR) is 106 cm³/mol. The van der Waals surface area contributed by atoms with E-state index in [2.05, 4.69) is 10.3 Å². The van der Waals surface area contributed by atoms with Gasteiger partial charge in [0.1, 0.15) is 6.04 Å². The Balaban J connectivity index is 1.66. The van der Waals surface area contributed by atoms with E-state index in [1.165, 1.54) is 0 Å². The Morgan fingerprint density at radius 2 is 1.68 bits per heavy atom. The van der Waals surface area contributed by atoms with Crippen molar-refractivity contribution in [3.8, 4) is 0 Å². The number of fused-ring (bicyclic) bond motifs is 2. The van der Waals surface area contributed by atoms with Gasteiger partial charge in [0, 0.05) is 11.6 Å². The van der Waals surface area contributed by atoms with Crippen molar-refractivity contribution in [1.82, 2.24) is 9.88 Å². The van der Waals surface area contributed by atoms with Gasteiger partial charge in [-0.3, -0.25) is 24.3 Å². The van der Waals surface area contributed by atoms with Crippen molar-refractivity contribution in [3.05, 3.63) is 71.9 Å². The fourth-order valence-electron chi connectivity index (χ4n) is 3.56. The van der Waals surface area contributed by atoms with Crippen LogP contribution >= 0.6 is 0 Å². The monoisotopic (exact) mass is 373 g/mol. The summed E-state index contributed by atoms with van der Waals surface area (Å²) in [7, 11) is 0. The van der Waals surface area contributed by atoms with E-state index in [9.17, 15) is 14.4 Å². The minimum absolute atomic E-state index is 0.341. The molecule has 6 heteroatoms. The molecule has 0 unspecified atom stereocenters. The third-order valence-corrected chi connectivity index (χ3v) is 4.89. The zero-order valence-electron chi connectivity index (χ0n) is 15.4. The highest BCUT2D eigenvalue weighted by Gasteiger charge is 2.42. The first-order valence-electron chi connectivity index (χ1n) is 9.23.